The van der Waals surface area contributed by atoms with Crippen molar-refractivity contribution in [2.24, 2.45) is 0 Å². The largest absolute Gasteiger partial charge is 0.351 e. The van der Waals surface area contributed by atoms with Gasteiger partial charge in [-0.3, -0.25) is 4.79 Å². The molecule has 0 bridgehead atoms. The zero-order chi connectivity index (χ0) is 13.2. The van der Waals surface area contributed by atoms with Crippen molar-refractivity contribution < 1.29 is 4.79 Å². The first kappa shape index (κ1) is 11.5. The minimum absolute atomic E-state index is 0.125. The third-order valence-corrected chi connectivity index (χ3v) is 3.05. The van der Waals surface area contributed by atoms with Crippen molar-refractivity contribution in [2.75, 3.05) is 5.32 Å². The van der Waals surface area contributed by atoms with E-state index in [2.05, 4.69) is 10.3 Å². The molecule has 0 radical (unpaired) electrons. The molecule has 1 aromatic heterocycles. The summed E-state index contributed by atoms with van der Waals surface area (Å²) in [6, 6.07) is 17.4. The Kier molecular flexibility index (Phi) is 2.80. The smallest absolute Gasteiger partial charge is 0.272 e. The number of anilines is 1. The molecule has 94 valence electrons. The highest BCUT2D eigenvalue weighted by Crippen LogP contribution is 2.17. The second-order valence-electron chi connectivity index (χ2n) is 4.59. The standard InChI is InChI=1S/C16H14N2O/c1-11-7-8-12-10-15(18-14(12)9-11)16(19)17-13-5-3-2-4-6-13/h2-10,18H,1H3,(H,17,19). The van der Waals surface area contributed by atoms with E-state index in [-0.39, 0.29) is 5.91 Å². The van der Waals surface area contributed by atoms with Crippen LogP contribution in [-0.4, -0.2) is 10.9 Å². The lowest BCUT2D eigenvalue weighted by Crippen LogP contribution is -2.11. The number of hydrogen-bond acceptors (Lipinski definition) is 1. The fourth-order valence-corrected chi connectivity index (χ4v) is 2.08. The molecule has 0 spiro atoms. The molecule has 0 unspecified atom stereocenters. The predicted octanol–water partition coefficient (Wildman–Crippen LogP) is 3.73. The Morgan fingerprint density at radius 3 is 2.63 bits per heavy atom. The van der Waals surface area contributed by atoms with E-state index in [0.29, 0.717) is 5.69 Å². The lowest BCUT2D eigenvalue weighted by molar-refractivity contribution is 0.102. The van der Waals surface area contributed by atoms with Crippen molar-refractivity contribution in [1.82, 2.24) is 4.98 Å². The number of H-pyrrole nitrogens is 1. The lowest BCUT2D eigenvalue weighted by Gasteiger charge is -2.02. The van der Waals surface area contributed by atoms with E-state index in [0.717, 1.165) is 16.6 Å². The molecule has 0 saturated heterocycles. The first-order valence-corrected chi connectivity index (χ1v) is 6.18. The van der Waals surface area contributed by atoms with Gasteiger partial charge in [-0.25, -0.2) is 0 Å². The Morgan fingerprint density at radius 1 is 1.05 bits per heavy atom. The van der Waals surface area contributed by atoms with Gasteiger partial charge in [0, 0.05) is 16.6 Å². The molecule has 3 aromatic rings. The minimum Gasteiger partial charge on any atom is -0.351 e. The number of aryl methyl sites for hydroxylation is 1. The fraction of sp³-hybridized carbons (Fsp3) is 0.0625. The van der Waals surface area contributed by atoms with E-state index in [1.165, 1.54) is 5.56 Å². The van der Waals surface area contributed by atoms with Gasteiger partial charge in [0.15, 0.2) is 0 Å². The van der Waals surface area contributed by atoms with Crippen LogP contribution in [0.4, 0.5) is 5.69 Å². The second-order valence-corrected chi connectivity index (χ2v) is 4.59. The van der Waals surface area contributed by atoms with Gasteiger partial charge in [0.2, 0.25) is 0 Å². The summed E-state index contributed by atoms with van der Waals surface area (Å²) in [4.78, 5) is 15.3. The quantitative estimate of drug-likeness (QED) is 0.715. The molecule has 0 aliphatic rings. The summed E-state index contributed by atoms with van der Waals surface area (Å²) in [7, 11) is 0. The number of carbonyl (C=O) groups is 1. The van der Waals surface area contributed by atoms with Crippen molar-refractivity contribution in [3.63, 3.8) is 0 Å². The Bertz CT molecular complexity index is 729. The molecule has 0 saturated carbocycles. The van der Waals surface area contributed by atoms with Crippen molar-refractivity contribution in [1.29, 1.82) is 0 Å². The lowest BCUT2D eigenvalue weighted by atomic mass is 10.2. The summed E-state index contributed by atoms with van der Waals surface area (Å²) in [5.74, 6) is -0.125. The number of aromatic nitrogens is 1. The molecule has 3 nitrogen and oxygen atoms in total. The third-order valence-electron chi connectivity index (χ3n) is 3.05. The van der Waals surface area contributed by atoms with Gasteiger partial charge in [-0.1, -0.05) is 30.3 Å². The maximum atomic E-state index is 12.1. The molecule has 1 amide bonds. The molecule has 1 heterocycles. The molecule has 3 heteroatoms. The van der Waals surface area contributed by atoms with Gasteiger partial charge < -0.3 is 10.3 Å². The van der Waals surface area contributed by atoms with E-state index < -0.39 is 0 Å². The molecular formula is C16H14N2O. The zero-order valence-electron chi connectivity index (χ0n) is 10.6. The van der Waals surface area contributed by atoms with Gasteiger partial charge in [0.25, 0.3) is 5.91 Å². The fourth-order valence-electron chi connectivity index (χ4n) is 2.08. The monoisotopic (exact) mass is 250 g/mol. The summed E-state index contributed by atoms with van der Waals surface area (Å²) < 4.78 is 0. The van der Waals surface area contributed by atoms with Gasteiger partial charge in [-0.15, -0.1) is 0 Å². The van der Waals surface area contributed by atoms with Crippen molar-refractivity contribution in [2.45, 2.75) is 6.92 Å². The normalized spacial score (nSPS) is 10.6. The molecule has 0 fully saturated rings. The Morgan fingerprint density at radius 2 is 1.84 bits per heavy atom. The average Bonchev–Trinajstić information content (AvgIpc) is 2.83. The van der Waals surface area contributed by atoms with Crippen LogP contribution >= 0.6 is 0 Å². The summed E-state index contributed by atoms with van der Waals surface area (Å²) in [5, 5.41) is 3.91. The number of carbonyl (C=O) groups excluding carboxylic acids is 1. The molecule has 3 rings (SSSR count). The highest BCUT2D eigenvalue weighted by atomic mass is 16.1. The number of para-hydroxylation sites is 1. The summed E-state index contributed by atoms with van der Waals surface area (Å²) >= 11 is 0. The number of rotatable bonds is 2. The van der Waals surface area contributed by atoms with E-state index in [1.54, 1.807) is 0 Å². The molecule has 2 N–H and O–H groups in total. The SMILES string of the molecule is Cc1ccc2cc(C(=O)Nc3ccccc3)[nH]c2c1. The van der Waals surface area contributed by atoms with Crippen LogP contribution in [0, 0.1) is 6.92 Å². The highest BCUT2D eigenvalue weighted by Gasteiger charge is 2.09. The third kappa shape index (κ3) is 2.36. The van der Waals surface area contributed by atoms with Crippen LogP contribution in [0.25, 0.3) is 10.9 Å². The maximum absolute atomic E-state index is 12.1. The number of amides is 1. The minimum atomic E-state index is -0.125. The summed E-state index contributed by atoms with van der Waals surface area (Å²) in [6.45, 7) is 2.03. The van der Waals surface area contributed by atoms with E-state index in [1.807, 2.05) is 61.5 Å². The zero-order valence-corrected chi connectivity index (χ0v) is 10.6. The van der Waals surface area contributed by atoms with Crippen LogP contribution in [0.5, 0.6) is 0 Å². The molecule has 2 aromatic carbocycles. The number of nitrogens with one attached hydrogen (secondary N) is 2. The molecular weight excluding hydrogens is 236 g/mol. The molecule has 0 aliphatic carbocycles. The van der Waals surface area contributed by atoms with Gasteiger partial charge >= 0.3 is 0 Å². The molecule has 19 heavy (non-hydrogen) atoms. The predicted molar refractivity (Wildman–Crippen MR) is 77.4 cm³/mol. The van der Waals surface area contributed by atoms with Gasteiger partial charge in [-0.05, 0) is 36.8 Å². The second kappa shape index (κ2) is 4.61. The number of benzene rings is 2. The van der Waals surface area contributed by atoms with Crippen LogP contribution in [0.1, 0.15) is 16.1 Å². The first-order valence-electron chi connectivity index (χ1n) is 6.18. The van der Waals surface area contributed by atoms with Crippen LogP contribution in [-0.2, 0) is 0 Å². The summed E-state index contributed by atoms with van der Waals surface area (Å²) in [6.07, 6.45) is 0. The van der Waals surface area contributed by atoms with Gasteiger partial charge in [-0.2, -0.15) is 0 Å². The van der Waals surface area contributed by atoms with Crippen LogP contribution in [0.3, 0.4) is 0 Å². The van der Waals surface area contributed by atoms with E-state index in [9.17, 15) is 4.79 Å². The Balaban J connectivity index is 1.89. The molecule has 0 atom stereocenters. The van der Waals surface area contributed by atoms with Crippen molar-refractivity contribution in [3.05, 3.63) is 65.9 Å². The Hall–Kier alpha value is -2.55. The summed E-state index contributed by atoms with van der Waals surface area (Å²) in [5.41, 5.74) is 3.52. The Labute approximate surface area is 111 Å². The number of aromatic amines is 1. The van der Waals surface area contributed by atoms with Crippen LogP contribution in [0.15, 0.2) is 54.6 Å². The average molecular weight is 250 g/mol. The van der Waals surface area contributed by atoms with Crippen molar-refractivity contribution >= 4 is 22.5 Å². The maximum Gasteiger partial charge on any atom is 0.272 e. The van der Waals surface area contributed by atoms with Crippen LogP contribution in [0.2, 0.25) is 0 Å². The van der Waals surface area contributed by atoms with E-state index in [4.69, 9.17) is 0 Å². The van der Waals surface area contributed by atoms with Crippen LogP contribution < -0.4 is 5.32 Å². The first-order chi connectivity index (χ1) is 9.22. The highest BCUT2D eigenvalue weighted by molar-refractivity contribution is 6.05. The molecule has 0 aliphatic heterocycles. The number of hydrogen-bond donors (Lipinski definition) is 2. The van der Waals surface area contributed by atoms with Gasteiger partial charge in [0.1, 0.15) is 5.69 Å². The van der Waals surface area contributed by atoms with Gasteiger partial charge in [0.05, 0.1) is 0 Å². The topological polar surface area (TPSA) is 44.9 Å². The number of fused-ring (bicyclic) bond motifs is 1. The van der Waals surface area contributed by atoms with Crippen molar-refractivity contribution in [3.8, 4) is 0 Å². The van der Waals surface area contributed by atoms with E-state index >= 15 is 0 Å².